The highest BCUT2D eigenvalue weighted by atomic mass is 15.5. The van der Waals surface area contributed by atoms with Crippen LogP contribution in [-0.4, -0.2) is 91.0 Å². The van der Waals surface area contributed by atoms with E-state index in [1.54, 1.807) is 0 Å². The summed E-state index contributed by atoms with van der Waals surface area (Å²) in [5.74, 6) is 0. The molecule has 26 heavy (non-hydrogen) atoms. The lowest BCUT2D eigenvalue weighted by Gasteiger charge is -2.35. The Labute approximate surface area is 157 Å². The second-order valence-electron chi connectivity index (χ2n) is 7.60. The van der Waals surface area contributed by atoms with E-state index in [1.807, 2.05) is 10.7 Å². The lowest BCUT2D eigenvalue weighted by Crippen LogP contribution is -2.38. The molecule has 2 rings (SSSR count). The van der Waals surface area contributed by atoms with Gasteiger partial charge < -0.3 is 0 Å². The van der Waals surface area contributed by atoms with Crippen LogP contribution in [-0.2, 0) is 6.54 Å². The molecular weight excluding hydrogens is 326 g/mol. The Morgan fingerprint density at radius 2 is 1.27 bits per heavy atom. The summed E-state index contributed by atoms with van der Waals surface area (Å²) in [6, 6.07) is 10.4. The Hall–Kier alpha value is -1.80. The first-order valence-electron chi connectivity index (χ1n) is 8.87. The van der Waals surface area contributed by atoms with E-state index in [-0.39, 0.29) is 12.3 Å². The summed E-state index contributed by atoms with van der Waals surface area (Å²) < 4.78 is 2.04. The fraction of sp³-hybridized carbons (Fsp3) is 0.579. The minimum Gasteiger partial charge on any atom is -0.289 e. The molecule has 1 aromatic carbocycles. The predicted octanol–water partition coefficient (Wildman–Crippen LogP) is 1.57. The first-order valence-corrected chi connectivity index (χ1v) is 8.87. The van der Waals surface area contributed by atoms with E-state index in [9.17, 15) is 0 Å². The van der Waals surface area contributed by atoms with Crippen LogP contribution in [0, 0.1) is 0 Å². The fourth-order valence-corrected chi connectivity index (χ4v) is 3.56. The maximum Gasteiger partial charge on any atom is 0.121 e. The van der Waals surface area contributed by atoms with Crippen LogP contribution in [0.25, 0.3) is 0 Å². The zero-order valence-corrected chi connectivity index (χ0v) is 17.4. The minimum atomic E-state index is 0.0527. The third kappa shape index (κ3) is 4.48. The van der Waals surface area contributed by atoms with Gasteiger partial charge in [-0.25, -0.2) is 4.68 Å². The van der Waals surface area contributed by atoms with Crippen molar-refractivity contribution in [2.24, 2.45) is 0 Å². The number of hydrogen-bond acceptors (Lipinski definition) is 6. The topological polar surface area (TPSA) is 43.7 Å². The van der Waals surface area contributed by atoms with E-state index < -0.39 is 0 Å². The number of benzene rings is 1. The average molecular weight is 360 g/mol. The van der Waals surface area contributed by atoms with Crippen LogP contribution in [0.15, 0.2) is 30.3 Å². The highest BCUT2D eigenvalue weighted by Gasteiger charge is 2.32. The molecule has 0 radical (unpaired) electrons. The van der Waals surface area contributed by atoms with E-state index in [2.05, 4.69) is 111 Å². The standard InChI is InChI=1S/C19H33N7/c1-22(2)18(23(3)4)16-17(19(24(5)6)25(7)8)26(21-20-16)14-15-12-10-9-11-13-15/h9-13,18-19H,14H2,1-8H3. The summed E-state index contributed by atoms with van der Waals surface area (Å²) >= 11 is 0. The van der Waals surface area contributed by atoms with Gasteiger partial charge in [0.05, 0.1) is 12.2 Å². The number of rotatable bonds is 8. The van der Waals surface area contributed by atoms with Crippen LogP contribution >= 0.6 is 0 Å². The molecule has 144 valence electrons. The second kappa shape index (κ2) is 8.73. The van der Waals surface area contributed by atoms with Crippen LogP contribution < -0.4 is 0 Å². The summed E-state index contributed by atoms with van der Waals surface area (Å²) in [6.07, 6.45) is 0.128. The fourth-order valence-electron chi connectivity index (χ4n) is 3.56. The summed E-state index contributed by atoms with van der Waals surface area (Å²) in [5, 5.41) is 9.16. The van der Waals surface area contributed by atoms with Gasteiger partial charge in [0.15, 0.2) is 0 Å². The van der Waals surface area contributed by atoms with Crippen molar-refractivity contribution in [3.05, 3.63) is 47.3 Å². The Kier molecular flexibility index (Phi) is 6.88. The van der Waals surface area contributed by atoms with Gasteiger partial charge in [0.25, 0.3) is 0 Å². The second-order valence-corrected chi connectivity index (χ2v) is 7.60. The SMILES string of the molecule is CN(C)C(c1nnn(Cc2ccccc2)c1C(N(C)C)N(C)C)N(C)C. The molecule has 1 heterocycles. The maximum absolute atomic E-state index is 4.62. The van der Waals surface area contributed by atoms with Crippen LogP contribution in [0.2, 0.25) is 0 Å². The maximum atomic E-state index is 4.62. The molecule has 7 heteroatoms. The first-order chi connectivity index (χ1) is 12.2. The molecular formula is C19H33N7. The van der Waals surface area contributed by atoms with Gasteiger partial charge in [-0.05, 0) is 61.9 Å². The van der Waals surface area contributed by atoms with Crippen LogP contribution in [0.4, 0.5) is 0 Å². The zero-order chi connectivity index (χ0) is 19.4. The molecule has 0 atom stereocenters. The van der Waals surface area contributed by atoms with E-state index in [1.165, 1.54) is 5.56 Å². The molecule has 0 aliphatic carbocycles. The summed E-state index contributed by atoms with van der Waals surface area (Å²) in [7, 11) is 16.7. The van der Waals surface area contributed by atoms with Gasteiger partial charge in [-0.2, -0.15) is 0 Å². The summed E-state index contributed by atoms with van der Waals surface area (Å²) in [5.41, 5.74) is 3.33. The van der Waals surface area contributed by atoms with Gasteiger partial charge >= 0.3 is 0 Å². The third-order valence-corrected chi connectivity index (χ3v) is 4.42. The van der Waals surface area contributed by atoms with Crippen LogP contribution in [0.1, 0.15) is 29.3 Å². The quantitative estimate of drug-likeness (QED) is 0.667. The molecule has 0 bridgehead atoms. The number of nitrogens with zero attached hydrogens (tertiary/aromatic N) is 7. The lowest BCUT2D eigenvalue weighted by molar-refractivity contribution is 0.102. The Morgan fingerprint density at radius 3 is 1.73 bits per heavy atom. The van der Waals surface area contributed by atoms with Gasteiger partial charge in [0.1, 0.15) is 18.0 Å². The lowest BCUT2D eigenvalue weighted by atomic mass is 10.1. The largest absolute Gasteiger partial charge is 0.289 e. The molecule has 0 fully saturated rings. The molecule has 0 saturated carbocycles. The predicted molar refractivity (Wildman–Crippen MR) is 106 cm³/mol. The minimum absolute atomic E-state index is 0.0527. The Morgan fingerprint density at radius 1 is 0.769 bits per heavy atom. The van der Waals surface area contributed by atoms with Crippen molar-refractivity contribution in [3.63, 3.8) is 0 Å². The van der Waals surface area contributed by atoms with Gasteiger partial charge in [-0.1, -0.05) is 35.5 Å². The van der Waals surface area contributed by atoms with Crippen molar-refractivity contribution < 1.29 is 0 Å². The van der Waals surface area contributed by atoms with Crippen molar-refractivity contribution in [1.82, 2.24) is 34.6 Å². The van der Waals surface area contributed by atoms with Gasteiger partial charge in [-0.3, -0.25) is 19.6 Å². The normalized spacial score (nSPS) is 12.5. The molecule has 0 amide bonds. The molecule has 0 saturated heterocycles. The van der Waals surface area contributed by atoms with Crippen molar-refractivity contribution in [1.29, 1.82) is 0 Å². The van der Waals surface area contributed by atoms with Gasteiger partial charge in [-0.15, -0.1) is 5.10 Å². The van der Waals surface area contributed by atoms with Crippen molar-refractivity contribution in [2.75, 3.05) is 56.4 Å². The van der Waals surface area contributed by atoms with Crippen molar-refractivity contribution in [2.45, 2.75) is 18.9 Å². The smallest absolute Gasteiger partial charge is 0.121 e. The van der Waals surface area contributed by atoms with Gasteiger partial charge in [0, 0.05) is 0 Å². The molecule has 0 unspecified atom stereocenters. The first kappa shape index (κ1) is 20.5. The summed E-state index contributed by atoms with van der Waals surface area (Å²) in [4.78, 5) is 8.74. The summed E-state index contributed by atoms with van der Waals surface area (Å²) in [6.45, 7) is 0.703. The van der Waals surface area contributed by atoms with E-state index in [0.717, 1.165) is 11.4 Å². The third-order valence-electron chi connectivity index (χ3n) is 4.42. The van der Waals surface area contributed by atoms with E-state index in [4.69, 9.17) is 0 Å². The molecule has 0 spiro atoms. The number of aromatic nitrogens is 3. The van der Waals surface area contributed by atoms with Gasteiger partial charge in [0.2, 0.25) is 0 Å². The average Bonchev–Trinajstić information content (AvgIpc) is 2.90. The monoisotopic (exact) mass is 359 g/mol. The molecule has 0 N–H and O–H groups in total. The highest BCUT2D eigenvalue weighted by Crippen LogP contribution is 2.30. The molecule has 1 aromatic heterocycles. The highest BCUT2D eigenvalue weighted by molar-refractivity contribution is 5.21. The Bertz CT molecular complexity index is 660. The number of hydrogen-bond donors (Lipinski definition) is 0. The van der Waals surface area contributed by atoms with Crippen LogP contribution in [0.3, 0.4) is 0 Å². The Balaban J connectivity index is 2.58. The molecule has 2 aromatic rings. The zero-order valence-electron chi connectivity index (χ0n) is 17.4. The molecule has 7 nitrogen and oxygen atoms in total. The molecule has 0 aliphatic heterocycles. The van der Waals surface area contributed by atoms with E-state index in [0.29, 0.717) is 6.54 Å². The van der Waals surface area contributed by atoms with Crippen molar-refractivity contribution >= 4 is 0 Å². The van der Waals surface area contributed by atoms with E-state index >= 15 is 0 Å². The van der Waals surface area contributed by atoms with Crippen LogP contribution in [0.5, 0.6) is 0 Å². The van der Waals surface area contributed by atoms with Crippen molar-refractivity contribution in [3.8, 4) is 0 Å². The molecule has 0 aliphatic rings.